The third-order valence-electron chi connectivity index (χ3n) is 3.40. The van der Waals surface area contributed by atoms with E-state index in [0.29, 0.717) is 22.2 Å². The smallest absolute Gasteiger partial charge is 0.272 e. The third-order valence-corrected chi connectivity index (χ3v) is 3.40. The Hall–Kier alpha value is -2.95. The molecule has 0 bridgehead atoms. The molecule has 1 amide bonds. The number of rotatable bonds is 3. The number of carbonyl (C=O) groups excluding carboxylic acids is 2. The van der Waals surface area contributed by atoms with E-state index in [9.17, 15) is 14.0 Å². The normalized spacial score (nSPS) is 10.6. The molecule has 0 atom stereocenters. The van der Waals surface area contributed by atoms with Crippen molar-refractivity contribution in [1.29, 1.82) is 0 Å². The van der Waals surface area contributed by atoms with Crippen LogP contribution in [0.15, 0.2) is 48.5 Å². The van der Waals surface area contributed by atoms with Crippen molar-refractivity contribution in [2.24, 2.45) is 0 Å². The van der Waals surface area contributed by atoms with Crippen LogP contribution in [0.2, 0.25) is 0 Å². The molecule has 22 heavy (non-hydrogen) atoms. The Bertz CT molecular complexity index is 866. The summed E-state index contributed by atoms with van der Waals surface area (Å²) in [6.45, 7) is 1.48. The van der Waals surface area contributed by atoms with Gasteiger partial charge in [0.05, 0.1) is 5.52 Å². The Morgan fingerprint density at radius 2 is 1.82 bits per heavy atom. The molecule has 3 aromatic rings. The van der Waals surface area contributed by atoms with Crippen LogP contribution in [-0.4, -0.2) is 16.7 Å². The molecule has 0 fully saturated rings. The summed E-state index contributed by atoms with van der Waals surface area (Å²) in [6.07, 6.45) is 0. The van der Waals surface area contributed by atoms with Gasteiger partial charge in [-0.15, -0.1) is 0 Å². The van der Waals surface area contributed by atoms with Gasteiger partial charge in [0.25, 0.3) is 5.91 Å². The van der Waals surface area contributed by atoms with Crippen LogP contribution in [-0.2, 0) is 0 Å². The number of hydrogen-bond acceptors (Lipinski definition) is 2. The second kappa shape index (κ2) is 5.44. The van der Waals surface area contributed by atoms with Gasteiger partial charge in [-0.25, -0.2) is 4.39 Å². The molecule has 0 saturated heterocycles. The fourth-order valence-electron chi connectivity index (χ4n) is 2.23. The molecule has 0 saturated carbocycles. The van der Waals surface area contributed by atoms with Gasteiger partial charge in [-0.05, 0) is 43.3 Å². The van der Waals surface area contributed by atoms with E-state index >= 15 is 0 Å². The number of Topliss-reactive ketones (excluding diaryl/α,β-unsaturated/α-hetero) is 1. The third kappa shape index (κ3) is 2.61. The minimum absolute atomic E-state index is 0.0380. The quantitative estimate of drug-likeness (QED) is 0.723. The van der Waals surface area contributed by atoms with Crippen molar-refractivity contribution in [1.82, 2.24) is 4.98 Å². The Morgan fingerprint density at radius 1 is 1.09 bits per heavy atom. The fraction of sp³-hybridized carbons (Fsp3) is 0.0588. The topological polar surface area (TPSA) is 62.0 Å². The number of amides is 1. The number of aromatic amines is 1. The lowest BCUT2D eigenvalue weighted by Crippen LogP contribution is -2.12. The van der Waals surface area contributed by atoms with Gasteiger partial charge >= 0.3 is 0 Å². The first-order valence-electron chi connectivity index (χ1n) is 6.74. The fourth-order valence-corrected chi connectivity index (χ4v) is 2.23. The molecule has 1 aromatic heterocycles. The number of fused-ring (bicyclic) bond motifs is 1. The lowest BCUT2D eigenvalue weighted by molar-refractivity contribution is 0.101. The van der Waals surface area contributed by atoms with E-state index < -0.39 is 5.82 Å². The molecule has 110 valence electrons. The van der Waals surface area contributed by atoms with E-state index in [1.165, 1.54) is 13.0 Å². The minimum atomic E-state index is -0.401. The predicted molar refractivity (Wildman–Crippen MR) is 82.7 cm³/mol. The second-order valence-corrected chi connectivity index (χ2v) is 4.97. The summed E-state index contributed by atoms with van der Waals surface area (Å²) in [5.74, 6) is -0.808. The van der Waals surface area contributed by atoms with Crippen LogP contribution >= 0.6 is 0 Å². The van der Waals surface area contributed by atoms with Gasteiger partial charge in [-0.2, -0.15) is 0 Å². The maximum absolute atomic E-state index is 13.6. The first kappa shape index (κ1) is 14.0. The average molecular weight is 296 g/mol. The van der Waals surface area contributed by atoms with Crippen molar-refractivity contribution in [2.45, 2.75) is 6.92 Å². The first-order chi connectivity index (χ1) is 10.5. The summed E-state index contributed by atoms with van der Waals surface area (Å²) in [7, 11) is 0. The molecule has 0 aliphatic carbocycles. The van der Waals surface area contributed by atoms with E-state index in [4.69, 9.17) is 0 Å². The van der Waals surface area contributed by atoms with Crippen molar-refractivity contribution in [3.8, 4) is 0 Å². The number of H-pyrrole nitrogens is 1. The molecule has 3 rings (SSSR count). The zero-order valence-corrected chi connectivity index (χ0v) is 11.8. The highest BCUT2D eigenvalue weighted by molar-refractivity contribution is 6.06. The average Bonchev–Trinajstić information content (AvgIpc) is 2.93. The van der Waals surface area contributed by atoms with Crippen LogP contribution in [0, 0.1) is 5.82 Å². The molecular weight excluding hydrogens is 283 g/mol. The van der Waals surface area contributed by atoms with E-state index in [0.717, 1.165) is 0 Å². The lowest BCUT2D eigenvalue weighted by Gasteiger charge is -2.04. The standard InChI is InChI=1S/C17H13FN2O2/c1-10(21)11-5-7-13(8-6-11)19-17(22)15-9-12-3-2-4-14(18)16(12)20-15/h2-9,20H,1H3,(H,19,22). The van der Waals surface area contributed by atoms with Crippen LogP contribution in [0.25, 0.3) is 10.9 Å². The van der Waals surface area contributed by atoms with E-state index in [1.807, 2.05) is 0 Å². The van der Waals surface area contributed by atoms with Crippen molar-refractivity contribution in [2.75, 3.05) is 5.32 Å². The van der Waals surface area contributed by atoms with Gasteiger partial charge in [0.2, 0.25) is 0 Å². The number of benzene rings is 2. The van der Waals surface area contributed by atoms with Crippen molar-refractivity contribution < 1.29 is 14.0 Å². The molecule has 4 nitrogen and oxygen atoms in total. The monoisotopic (exact) mass is 296 g/mol. The zero-order chi connectivity index (χ0) is 15.7. The summed E-state index contributed by atoms with van der Waals surface area (Å²) in [6, 6.07) is 12.8. The van der Waals surface area contributed by atoms with Crippen molar-refractivity contribution in [3.63, 3.8) is 0 Å². The van der Waals surface area contributed by atoms with Crippen LogP contribution in [0.3, 0.4) is 0 Å². The number of anilines is 1. The molecule has 0 aliphatic heterocycles. The molecule has 0 aliphatic rings. The van der Waals surface area contributed by atoms with Gasteiger partial charge < -0.3 is 10.3 Å². The van der Waals surface area contributed by atoms with E-state index in [1.54, 1.807) is 42.5 Å². The van der Waals surface area contributed by atoms with E-state index in [2.05, 4.69) is 10.3 Å². The Labute approximate surface area is 126 Å². The molecule has 0 unspecified atom stereocenters. The van der Waals surface area contributed by atoms with Crippen LogP contribution in [0.4, 0.5) is 10.1 Å². The number of carbonyl (C=O) groups is 2. The summed E-state index contributed by atoms with van der Waals surface area (Å²) in [5.41, 5.74) is 1.72. The number of aromatic nitrogens is 1. The Balaban J connectivity index is 1.83. The van der Waals surface area contributed by atoms with Crippen molar-refractivity contribution in [3.05, 3.63) is 65.6 Å². The van der Waals surface area contributed by atoms with Gasteiger partial charge in [0.1, 0.15) is 11.5 Å². The molecular formula is C17H13FN2O2. The summed E-state index contributed by atoms with van der Waals surface area (Å²) < 4.78 is 13.6. The van der Waals surface area contributed by atoms with Crippen LogP contribution < -0.4 is 5.32 Å². The van der Waals surface area contributed by atoms with Gasteiger partial charge in [0.15, 0.2) is 5.78 Å². The molecule has 2 aromatic carbocycles. The molecule has 5 heteroatoms. The van der Waals surface area contributed by atoms with Crippen LogP contribution in [0.5, 0.6) is 0 Å². The van der Waals surface area contributed by atoms with E-state index in [-0.39, 0.29) is 17.4 Å². The van der Waals surface area contributed by atoms with Crippen molar-refractivity contribution >= 4 is 28.3 Å². The SMILES string of the molecule is CC(=O)c1ccc(NC(=O)c2cc3cccc(F)c3[nH]2)cc1. The lowest BCUT2D eigenvalue weighted by atomic mass is 10.1. The number of halogens is 1. The number of para-hydroxylation sites is 1. The summed E-state index contributed by atoms with van der Waals surface area (Å²) in [5, 5.41) is 3.34. The maximum Gasteiger partial charge on any atom is 0.272 e. The number of ketones is 1. The number of hydrogen-bond donors (Lipinski definition) is 2. The highest BCUT2D eigenvalue weighted by Crippen LogP contribution is 2.19. The highest BCUT2D eigenvalue weighted by Gasteiger charge is 2.12. The first-order valence-corrected chi connectivity index (χ1v) is 6.74. The molecule has 0 radical (unpaired) electrons. The highest BCUT2D eigenvalue weighted by atomic mass is 19.1. The van der Waals surface area contributed by atoms with Gasteiger partial charge in [0, 0.05) is 16.6 Å². The maximum atomic E-state index is 13.6. The number of nitrogens with one attached hydrogen (secondary N) is 2. The summed E-state index contributed by atoms with van der Waals surface area (Å²) in [4.78, 5) is 26.2. The molecule has 0 spiro atoms. The van der Waals surface area contributed by atoms with Gasteiger partial charge in [-0.3, -0.25) is 9.59 Å². The van der Waals surface area contributed by atoms with Gasteiger partial charge in [-0.1, -0.05) is 12.1 Å². The predicted octanol–water partition coefficient (Wildman–Crippen LogP) is 3.76. The Morgan fingerprint density at radius 3 is 2.45 bits per heavy atom. The minimum Gasteiger partial charge on any atom is -0.348 e. The zero-order valence-electron chi connectivity index (χ0n) is 11.8. The second-order valence-electron chi connectivity index (χ2n) is 4.97. The molecule has 2 N–H and O–H groups in total. The molecule has 1 heterocycles. The largest absolute Gasteiger partial charge is 0.348 e. The Kier molecular flexibility index (Phi) is 3.47. The van der Waals surface area contributed by atoms with Crippen LogP contribution in [0.1, 0.15) is 27.8 Å². The summed E-state index contributed by atoms with van der Waals surface area (Å²) >= 11 is 0.